The van der Waals surface area contributed by atoms with Crippen LogP contribution in [0.4, 0.5) is 4.79 Å². The van der Waals surface area contributed by atoms with Crippen LogP contribution in [0, 0.1) is 17.8 Å². The van der Waals surface area contributed by atoms with Gasteiger partial charge in [0.15, 0.2) is 0 Å². The van der Waals surface area contributed by atoms with Crippen molar-refractivity contribution in [3.8, 4) is 12.3 Å². The third kappa shape index (κ3) is 9.18. The van der Waals surface area contributed by atoms with E-state index in [9.17, 15) is 24.3 Å². The minimum absolute atomic E-state index is 0.0327. The number of nitrogens with one attached hydrogen (secondary N) is 3. The molecule has 1 aromatic carbocycles. The van der Waals surface area contributed by atoms with Crippen molar-refractivity contribution in [3.63, 3.8) is 0 Å². The van der Waals surface area contributed by atoms with Crippen molar-refractivity contribution in [1.82, 2.24) is 20.9 Å². The fourth-order valence-electron chi connectivity index (χ4n) is 5.45. The number of hydrogen-bond acceptors (Lipinski definition) is 7. The normalized spacial score (nSPS) is 21.5. The van der Waals surface area contributed by atoms with Gasteiger partial charge in [-0.05, 0) is 56.6 Å². The minimum Gasteiger partial charge on any atom is -0.444 e. The number of aliphatic hydroxyl groups is 1. The molecule has 0 saturated carbocycles. The Bertz CT molecular complexity index is 1210. The number of amides is 4. The molecule has 2 aliphatic rings. The maximum Gasteiger partial charge on any atom is 0.408 e. The number of fused-ring (bicyclic) bond motifs is 1. The lowest BCUT2D eigenvalue weighted by Gasteiger charge is -2.36. The summed E-state index contributed by atoms with van der Waals surface area (Å²) < 4.78 is 11.0. The molecule has 43 heavy (non-hydrogen) atoms. The highest BCUT2D eigenvalue weighted by molar-refractivity contribution is 5.95. The maximum atomic E-state index is 14.1. The number of carbonyl (C=O) groups excluding carboxylic acids is 4. The Hall–Kier alpha value is -3.62. The number of likely N-dealkylation sites (tertiary alicyclic amines) is 1. The quantitative estimate of drug-likeness (QED) is 0.319. The molecule has 1 aromatic rings. The molecule has 1 fully saturated rings. The molecule has 1 aliphatic heterocycles. The Morgan fingerprint density at radius 3 is 2.44 bits per heavy atom. The van der Waals surface area contributed by atoms with Crippen molar-refractivity contribution in [3.05, 3.63) is 35.4 Å². The van der Waals surface area contributed by atoms with Crippen molar-refractivity contribution in [2.75, 3.05) is 19.8 Å². The molecule has 1 aliphatic carbocycles. The zero-order chi connectivity index (χ0) is 31.9. The lowest BCUT2D eigenvalue weighted by atomic mass is 9.85. The van der Waals surface area contributed by atoms with E-state index in [1.54, 1.807) is 41.5 Å². The summed E-state index contributed by atoms with van der Waals surface area (Å²) in [6, 6.07) is 4.54. The van der Waals surface area contributed by atoms with Crippen LogP contribution in [0.3, 0.4) is 0 Å². The van der Waals surface area contributed by atoms with E-state index in [-0.39, 0.29) is 31.5 Å². The average molecular weight is 599 g/mol. The standard InChI is InChI=1S/C32H46N4O7/c1-8-16-42-21-17-25(28(39)33-23-15-11-13-20-12-9-10-14-22(20)23)36(18-21)29(40)26(31(2,3)4)35-27(38)24(19-37)34-30(41)43-32(5,6)7/h1,9-10,12,14,21,23-26,37H,11,13,15-19H2,2-7H3,(H,33,39)(H,34,41)(H,35,38)/t21-,23?,24-,25-,26+/m0/s1. The number of terminal acetylenes is 1. The number of hydrogen-bond donors (Lipinski definition) is 4. The van der Waals surface area contributed by atoms with Gasteiger partial charge < -0.3 is 35.4 Å². The summed E-state index contributed by atoms with van der Waals surface area (Å²) >= 11 is 0. The molecule has 0 spiro atoms. The number of alkyl carbamates (subject to hydrolysis) is 1. The van der Waals surface area contributed by atoms with Crippen molar-refractivity contribution in [1.29, 1.82) is 0 Å². The SMILES string of the molecule is C#CCO[C@H]1C[C@@H](C(=O)NC2CCCc3ccccc32)N(C(=O)[C@@H](NC(=O)[C@H](CO)NC(=O)OC(C)(C)C)C(C)(C)C)C1. The van der Waals surface area contributed by atoms with Crippen LogP contribution in [-0.4, -0.2) is 83.4 Å². The third-order valence-corrected chi connectivity index (χ3v) is 7.53. The van der Waals surface area contributed by atoms with Gasteiger partial charge in [0, 0.05) is 13.0 Å². The first-order chi connectivity index (χ1) is 20.1. The molecule has 0 bridgehead atoms. The molecule has 1 heterocycles. The monoisotopic (exact) mass is 598 g/mol. The van der Waals surface area contributed by atoms with Crippen molar-refractivity contribution >= 4 is 23.8 Å². The van der Waals surface area contributed by atoms with Gasteiger partial charge in [-0.25, -0.2) is 4.79 Å². The highest BCUT2D eigenvalue weighted by Gasteiger charge is 2.46. The largest absolute Gasteiger partial charge is 0.444 e. The molecular weight excluding hydrogens is 552 g/mol. The molecule has 4 N–H and O–H groups in total. The molecule has 0 aromatic heterocycles. The maximum absolute atomic E-state index is 14.1. The molecule has 0 radical (unpaired) electrons. The lowest BCUT2D eigenvalue weighted by molar-refractivity contribution is -0.144. The second-order valence-electron chi connectivity index (χ2n) is 13.2. The molecule has 11 nitrogen and oxygen atoms in total. The highest BCUT2D eigenvalue weighted by Crippen LogP contribution is 2.31. The smallest absolute Gasteiger partial charge is 0.408 e. The number of ether oxygens (including phenoxy) is 2. The fourth-order valence-corrected chi connectivity index (χ4v) is 5.45. The topological polar surface area (TPSA) is 146 Å². The lowest BCUT2D eigenvalue weighted by Crippen LogP contribution is -2.61. The number of aliphatic hydroxyl groups excluding tert-OH is 1. The molecule has 236 valence electrons. The molecule has 1 saturated heterocycles. The fraction of sp³-hybridized carbons (Fsp3) is 0.625. The van der Waals surface area contributed by atoms with E-state index in [0.29, 0.717) is 0 Å². The van der Waals surface area contributed by atoms with Crippen LogP contribution in [0.2, 0.25) is 0 Å². The van der Waals surface area contributed by atoms with E-state index >= 15 is 0 Å². The number of nitrogens with zero attached hydrogens (tertiary/aromatic N) is 1. The van der Waals surface area contributed by atoms with Crippen LogP contribution in [0.1, 0.15) is 78.0 Å². The molecule has 1 unspecified atom stereocenters. The van der Waals surface area contributed by atoms with Crippen LogP contribution in [0.5, 0.6) is 0 Å². The summed E-state index contributed by atoms with van der Waals surface area (Å²) in [5.74, 6) is 0.880. The Morgan fingerprint density at radius 2 is 1.81 bits per heavy atom. The molecule has 3 rings (SSSR count). The van der Waals surface area contributed by atoms with Crippen molar-refractivity contribution in [2.24, 2.45) is 5.41 Å². The van der Waals surface area contributed by atoms with E-state index < -0.39 is 59.8 Å². The van der Waals surface area contributed by atoms with Gasteiger partial charge in [-0.2, -0.15) is 0 Å². The van der Waals surface area contributed by atoms with Crippen LogP contribution in [0.25, 0.3) is 0 Å². The summed E-state index contributed by atoms with van der Waals surface area (Å²) in [4.78, 5) is 54.8. The minimum atomic E-state index is -1.36. The van der Waals surface area contributed by atoms with Gasteiger partial charge in [0.2, 0.25) is 17.7 Å². The van der Waals surface area contributed by atoms with Crippen LogP contribution in [0.15, 0.2) is 24.3 Å². The van der Waals surface area contributed by atoms with Crippen LogP contribution in [-0.2, 0) is 30.3 Å². The summed E-state index contributed by atoms with van der Waals surface area (Å²) in [5, 5.41) is 18.1. The number of rotatable bonds is 9. The van der Waals surface area contributed by atoms with Gasteiger partial charge in [-0.3, -0.25) is 14.4 Å². The average Bonchev–Trinajstić information content (AvgIpc) is 3.36. The van der Waals surface area contributed by atoms with Gasteiger partial charge in [0.05, 0.1) is 18.8 Å². The Labute approximate surface area is 254 Å². The second kappa shape index (κ2) is 14.2. The van der Waals surface area contributed by atoms with Gasteiger partial charge in [0.1, 0.15) is 30.3 Å². The van der Waals surface area contributed by atoms with E-state index in [4.69, 9.17) is 15.9 Å². The van der Waals surface area contributed by atoms with Gasteiger partial charge in [0.25, 0.3) is 0 Å². The van der Waals surface area contributed by atoms with E-state index in [1.807, 2.05) is 18.2 Å². The molecular formula is C32H46N4O7. The Morgan fingerprint density at radius 1 is 1.12 bits per heavy atom. The summed E-state index contributed by atoms with van der Waals surface area (Å²) in [5.41, 5.74) is 0.667. The number of carbonyl (C=O) groups is 4. The number of benzene rings is 1. The first kappa shape index (κ1) is 33.9. The van der Waals surface area contributed by atoms with Crippen LogP contribution >= 0.6 is 0 Å². The second-order valence-corrected chi connectivity index (χ2v) is 13.2. The highest BCUT2D eigenvalue weighted by atomic mass is 16.6. The Balaban J connectivity index is 1.81. The molecule has 11 heteroatoms. The van der Waals surface area contributed by atoms with Crippen molar-refractivity contribution < 1.29 is 33.8 Å². The molecule has 5 atom stereocenters. The third-order valence-electron chi connectivity index (χ3n) is 7.53. The van der Waals surface area contributed by atoms with Crippen molar-refractivity contribution in [2.45, 2.75) is 103 Å². The first-order valence-electron chi connectivity index (χ1n) is 14.8. The predicted octanol–water partition coefficient (Wildman–Crippen LogP) is 2.22. The number of aryl methyl sites for hydroxylation is 1. The van der Waals surface area contributed by atoms with E-state index in [0.717, 1.165) is 24.8 Å². The van der Waals surface area contributed by atoms with Gasteiger partial charge >= 0.3 is 6.09 Å². The van der Waals surface area contributed by atoms with Crippen LogP contribution < -0.4 is 16.0 Å². The zero-order valence-corrected chi connectivity index (χ0v) is 26.1. The first-order valence-corrected chi connectivity index (χ1v) is 14.8. The van der Waals surface area contributed by atoms with E-state index in [1.165, 1.54) is 10.5 Å². The van der Waals surface area contributed by atoms with Gasteiger partial charge in [-0.1, -0.05) is 51.0 Å². The summed E-state index contributed by atoms with van der Waals surface area (Å²) in [6.45, 7) is 9.79. The predicted molar refractivity (Wildman–Crippen MR) is 161 cm³/mol. The van der Waals surface area contributed by atoms with E-state index in [2.05, 4.69) is 27.9 Å². The Kier molecular flexibility index (Phi) is 11.2. The summed E-state index contributed by atoms with van der Waals surface area (Å²) in [7, 11) is 0. The zero-order valence-electron chi connectivity index (χ0n) is 26.1. The molecule has 4 amide bonds. The summed E-state index contributed by atoms with van der Waals surface area (Å²) in [6.07, 6.45) is 6.96. The van der Waals surface area contributed by atoms with Gasteiger partial charge in [-0.15, -0.1) is 6.42 Å².